The van der Waals surface area contributed by atoms with Crippen LogP contribution in [0.4, 0.5) is 0 Å². The van der Waals surface area contributed by atoms with E-state index in [1.54, 1.807) is 36.7 Å². The molecule has 0 spiro atoms. The molecule has 136 valence electrons. The van der Waals surface area contributed by atoms with E-state index < -0.39 is 18.3 Å². The Kier molecular flexibility index (Phi) is 4.81. The molecule has 0 saturated carbocycles. The molecule has 0 saturated heterocycles. The smallest absolute Gasteiger partial charge is 0.342 e. The van der Waals surface area contributed by atoms with E-state index in [0.717, 1.165) is 5.52 Å². The van der Waals surface area contributed by atoms with Crippen LogP contribution in [0.3, 0.4) is 0 Å². The van der Waals surface area contributed by atoms with Gasteiger partial charge < -0.3 is 19.5 Å². The van der Waals surface area contributed by atoms with Gasteiger partial charge >= 0.3 is 5.97 Å². The van der Waals surface area contributed by atoms with Crippen LogP contribution in [0.5, 0.6) is 5.75 Å². The number of imidazole rings is 1. The number of hydrogen-bond acceptors (Lipinski definition) is 6. The van der Waals surface area contributed by atoms with Crippen LogP contribution in [0.15, 0.2) is 48.2 Å². The van der Waals surface area contributed by atoms with Crippen molar-refractivity contribution in [2.24, 2.45) is 7.05 Å². The normalized spacial score (nSPS) is 11.7. The van der Waals surface area contributed by atoms with Crippen LogP contribution in [-0.2, 0) is 11.8 Å². The molecule has 1 aromatic heterocycles. The van der Waals surface area contributed by atoms with Gasteiger partial charge in [-0.25, -0.2) is 9.78 Å². The number of aromatic nitrogens is 2. The highest BCUT2D eigenvalue weighted by molar-refractivity contribution is 5.93. The second kappa shape index (κ2) is 7.22. The zero-order valence-electron chi connectivity index (χ0n) is 14.8. The first-order valence-corrected chi connectivity index (χ1v) is 8.13. The summed E-state index contributed by atoms with van der Waals surface area (Å²) in [6, 6.07) is 13.9. The predicted molar refractivity (Wildman–Crippen MR) is 99.0 cm³/mol. The number of nitriles is 1. The number of phenolic OH excluding ortho intramolecular Hbond substituents is 1. The van der Waals surface area contributed by atoms with Gasteiger partial charge in [0.1, 0.15) is 29.6 Å². The number of carbonyl (C=O) groups excluding carboxylic acids is 1. The summed E-state index contributed by atoms with van der Waals surface area (Å²) in [7, 11) is 1.73. The average molecular weight is 363 g/mol. The van der Waals surface area contributed by atoms with Crippen molar-refractivity contribution in [1.29, 1.82) is 5.26 Å². The lowest BCUT2D eigenvalue weighted by Crippen LogP contribution is -2.10. The van der Waals surface area contributed by atoms with E-state index in [9.17, 15) is 20.3 Å². The van der Waals surface area contributed by atoms with Gasteiger partial charge in [-0.05, 0) is 30.7 Å². The van der Waals surface area contributed by atoms with Crippen LogP contribution < -0.4 is 0 Å². The number of aryl methyl sites for hydroxylation is 2. The molecule has 0 radical (unpaired) electrons. The fourth-order valence-corrected chi connectivity index (χ4v) is 2.72. The minimum Gasteiger partial charge on any atom is -0.507 e. The molecule has 1 heterocycles. The number of aromatic hydroxyl groups is 1. The van der Waals surface area contributed by atoms with Gasteiger partial charge in [0.2, 0.25) is 0 Å². The van der Waals surface area contributed by atoms with Crippen LogP contribution in [0, 0.1) is 18.3 Å². The summed E-state index contributed by atoms with van der Waals surface area (Å²) in [4.78, 5) is 16.5. The van der Waals surface area contributed by atoms with Crippen LogP contribution in [0.1, 0.15) is 21.7 Å². The van der Waals surface area contributed by atoms with Crippen molar-refractivity contribution in [3.05, 3.63) is 65.2 Å². The van der Waals surface area contributed by atoms with Gasteiger partial charge in [0.05, 0.1) is 11.0 Å². The second-order valence-corrected chi connectivity index (χ2v) is 5.96. The molecule has 2 N–H and O–H groups in total. The Bertz CT molecular complexity index is 1110. The number of carbonyl (C=O) groups is 1. The summed E-state index contributed by atoms with van der Waals surface area (Å²) in [5.74, 6) is -1.13. The molecule has 0 aliphatic carbocycles. The molecule has 0 aliphatic heterocycles. The molecule has 0 fully saturated rings. The first kappa shape index (κ1) is 18.0. The van der Waals surface area contributed by atoms with Crippen molar-refractivity contribution in [3.63, 3.8) is 0 Å². The molecule has 0 amide bonds. The first-order chi connectivity index (χ1) is 12.9. The molecule has 2 aromatic carbocycles. The quantitative estimate of drug-likeness (QED) is 0.418. The second-order valence-electron chi connectivity index (χ2n) is 5.96. The molecular formula is C20H17N3O4. The Morgan fingerprint density at radius 2 is 2.00 bits per heavy atom. The SMILES string of the molecule is Cc1cccc(C(=O)OC/C(O)=C(\C#N)c2nc3ccccc3n2C)c1O. The fourth-order valence-electron chi connectivity index (χ4n) is 2.72. The van der Waals surface area contributed by atoms with Crippen LogP contribution >= 0.6 is 0 Å². The topological polar surface area (TPSA) is 108 Å². The maximum Gasteiger partial charge on any atom is 0.342 e. The number of ether oxygens (including phenoxy) is 1. The lowest BCUT2D eigenvalue weighted by molar-refractivity contribution is 0.0499. The Hall–Kier alpha value is -3.79. The number of allylic oxidation sites excluding steroid dienone is 1. The van der Waals surface area contributed by atoms with E-state index in [2.05, 4.69) is 4.98 Å². The number of nitrogens with zero attached hydrogens (tertiary/aromatic N) is 3. The van der Waals surface area contributed by atoms with Crippen molar-refractivity contribution < 1.29 is 19.7 Å². The average Bonchev–Trinajstić information content (AvgIpc) is 2.99. The van der Waals surface area contributed by atoms with Gasteiger partial charge in [0.25, 0.3) is 0 Å². The third kappa shape index (κ3) is 3.33. The first-order valence-electron chi connectivity index (χ1n) is 8.13. The maximum absolute atomic E-state index is 12.2. The van der Waals surface area contributed by atoms with Crippen molar-refractivity contribution in [2.45, 2.75) is 6.92 Å². The molecule has 3 rings (SSSR count). The number of phenols is 1. The minimum atomic E-state index is -0.801. The molecule has 3 aromatic rings. The summed E-state index contributed by atoms with van der Waals surface area (Å²) < 4.78 is 6.73. The summed E-state index contributed by atoms with van der Waals surface area (Å²) >= 11 is 0. The summed E-state index contributed by atoms with van der Waals surface area (Å²) in [6.45, 7) is 1.14. The standard InChI is InChI=1S/C20H17N3O4/c1-12-6-5-7-13(18(12)25)20(26)27-11-17(24)14(10-21)19-22-15-8-3-4-9-16(15)23(19)2/h3-9,24-25H,11H2,1-2H3/b17-14-. The Morgan fingerprint density at radius 1 is 1.26 bits per heavy atom. The van der Waals surface area contributed by atoms with Gasteiger partial charge in [-0.15, -0.1) is 0 Å². The van der Waals surface area contributed by atoms with Crippen molar-refractivity contribution >= 4 is 22.6 Å². The number of benzene rings is 2. The molecule has 0 unspecified atom stereocenters. The third-order valence-corrected chi connectivity index (χ3v) is 4.21. The number of aliphatic hydroxyl groups is 1. The molecule has 27 heavy (non-hydrogen) atoms. The van der Waals surface area contributed by atoms with Crippen LogP contribution in [0.25, 0.3) is 16.6 Å². The lowest BCUT2D eigenvalue weighted by Gasteiger charge is -2.09. The molecular weight excluding hydrogens is 346 g/mol. The lowest BCUT2D eigenvalue weighted by atomic mass is 10.1. The number of rotatable bonds is 4. The van der Waals surface area contributed by atoms with Crippen molar-refractivity contribution in [3.8, 4) is 11.8 Å². The highest BCUT2D eigenvalue weighted by Crippen LogP contribution is 2.24. The van der Waals surface area contributed by atoms with Crippen molar-refractivity contribution in [1.82, 2.24) is 9.55 Å². The Morgan fingerprint density at radius 3 is 2.70 bits per heavy atom. The zero-order valence-corrected chi connectivity index (χ0v) is 14.8. The molecule has 0 aliphatic rings. The number of aliphatic hydroxyl groups excluding tert-OH is 1. The van der Waals surface area contributed by atoms with E-state index >= 15 is 0 Å². The van der Waals surface area contributed by atoms with Gasteiger partial charge in [0, 0.05) is 7.05 Å². The van der Waals surface area contributed by atoms with E-state index in [-0.39, 0.29) is 22.7 Å². The third-order valence-electron chi connectivity index (χ3n) is 4.21. The number of para-hydroxylation sites is 3. The monoisotopic (exact) mass is 363 g/mol. The van der Waals surface area contributed by atoms with E-state index in [4.69, 9.17) is 4.74 Å². The summed E-state index contributed by atoms with van der Waals surface area (Å²) in [6.07, 6.45) is 0. The predicted octanol–water partition coefficient (Wildman–Crippen LogP) is 3.24. The Labute approximate surface area is 155 Å². The fraction of sp³-hybridized carbons (Fsp3) is 0.150. The Balaban J connectivity index is 1.87. The number of esters is 1. The van der Waals surface area contributed by atoms with Crippen LogP contribution in [-0.4, -0.2) is 32.3 Å². The number of fused-ring (bicyclic) bond motifs is 1. The van der Waals surface area contributed by atoms with Gasteiger partial charge in [-0.2, -0.15) is 5.26 Å². The van der Waals surface area contributed by atoms with E-state index in [0.29, 0.717) is 11.1 Å². The van der Waals surface area contributed by atoms with Gasteiger partial charge in [0.15, 0.2) is 11.6 Å². The molecule has 7 heteroatoms. The van der Waals surface area contributed by atoms with E-state index in [1.165, 1.54) is 6.07 Å². The van der Waals surface area contributed by atoms with Gasteiger partial charge in [-0.3, -0.25) is 0 Å². The van der Waals surface area contributed by atoms with Crippen LogP contribution in [0.2, 0.25) is 0 Å². The van der Waals surface area contributed by atoms with E-state index in [1.807, 2.05) is 24.3 Å². The van der Waals surface area contributed by atoms with Gasteiger partial charge in [-0.1, -0.05) is 24.3 Å². The number of hydrogen-bond donors (Lipinski definition) is 2. The molecule has 0 bridgehead atoms. The highest BCUT2D eigenvalue weighted by atomic mass is 16.5. The zero-order chi connectivity index (χ0) is 19.6. The summed E-state index contributed by atoms with van der Waals surface area (Å²) in [5, 5.41) is 29.7. The highest BCUT2D eigenvalue weighted by Gasteiger charge is 2.19. The molecule has 7 nitrogen and oxygen atoms in total. The summed E-state index contributed by atoms with van der Waals surface area (Å²) in [5.41, 5.74) is 1.91. The maximum atomic E-state index is 12.2. The molecule has 0 atom stereocenters. The largest absolute Gasteiger partial charge is 0.507 e. The minimum absolute atomic E-state index is 0.0102. The van der Waals surface area contributed by atoms with Crippen molar-refractivity contribution in [2.75, 3.05) is 6.61 Å².